The van der Waals surface area contributed by atoms with E-state index in [-0.39, 0.29) is 0 Å². The number of pyridine rings is 1. The van der Waals surface area contributed by atoms with E-state index in [1.165, 1.54) is 22.2 Å². The second-order valence-corrected chi connectivity index (χ2v) is 8.06. The van der Waals surface area contributed by atoms with Crippen molar-refractivity contribution < 1.29 is 0 Å². The zero-order valence-corrected chi connectivity index (χ0v) is 15.9. The number of hydrogen-bond acceptors (Lipinski definition) is 6. The van der Waals surface area contributed by atoms with Gasteiger partial charge >= 0.3 is 0 Å². The van der Waals surface area contributed by atoms with Crippen molar-refractivity contribution in [1.29, 1.82) is 5.26 Å². The van der Waals surface area contributed by atoms with Crippen molar-refractivity contribution in [2.75, 3.05) is 18.5 Å². The van der Waals surface area contributed by atoms with Gasteiger partial charge in [-0.1, -0.05) is 6.92 Å². The Morgan fingerprint density at radius 3 is 3.04 bits per heavy atom. The van der Waals surface area contributed by atoms with Crippen LogP contribution in [0, 0.1) is 17.2 Å². The lowest BCUT2D eigenvalue weighted by Crippen LogP contribution is -2.20. The van der Waals surface area contributed by atoms with Crippen LogP contribution in [0.5, 0.6) is 0 Å². The first kappa shape index (κ1) is 16.9. The van der Waals surface area contributed by atoms with E-state index in [1.807, 2.05) is 19.2 Å². The van der Waals surface area contributed by atoms with Gasteiger partial charge in [-0.25, -0.2) is 9.97 Å². The molecule has 26 heavy (non-hydrogen) atoms. The average molecular weight is 363 g/mol. The molecule has 0 bridgehead atoms. The number of thiophene rings is 1. The van der Waals surface area contributed by atoms with E-state index in [1.54, 1.807) is 23.7 Å². The standard InChI is InChI=1S/C20H21N5S/c1-13-6-7-15-16(11-13)26-20-17(15)19(25(2)10-4-8-21)23-18(24-20)14-5-3-9-22-12-14/h3,5,9,12-13H,4,6-7,10-11H2,1-2H3/t13-/m0/s1. The molecular formula is C20H21N5S. The molecule has 0 unspecified atom stereocenters. The highest BCUT2D eigenvalue weighted by molar-refractivity contribution is 7.19. The van der Waals surface area contributed by atoms with E-state index >= 15 is 0 Å². The molecule has 3 aromatic heterocycles. The molecule has 0 radical (unpaired) electrons. The first-order chi connectivity index (χ1) is 12.7. The van der Waals surface area contributed by atoms with Gasteiger partial charge in [-0.15, -0.1) is 11.3 Å². The minimum absolute atomic E-state index is 0.480. The Balaban J connectivity index is 1.90. The van der Waals surface area contributed by atoms with Gasteiger partial charge in [0.1, 0.15) is 10.6 Å². The van der Waals surface area contributed by atoms with Crippen molar-refractivity contribution in [3.63, 3.8) is 0 Å². The van der Waals surface area contributed by atoms with Gasteiger partial charge in [-0.2, -0.15) is 5.26 Å². The van der Waals surface area contributed by atoms with Gasteiger partial charge in [0.25, 0.3) is 0 Å². The van der Waals surface area contributed by atoms with Gasteiger partial charge in [0, 0.05) is 36.4 Å². The summed E-state index contributed by atoms with van der Waals surface area (Å²) in [7, 11) is 2.02. The van der Waals surface area contributed by atoms with Crippen LogP contribution in [0.1, 0.15) is 30.2 Å². The molecule has 1 aliphatic carbocycles. The average Bonchev–Trinajstić information content (AvgIpc) is 3.03. The molecule has 0 aliphatic heterocycles. The van der Waals surface area contributed by atoms with Gasteiger partial charge in [0.2, 0.25) is 0 Å². The van der Waals surface area contributed by atoms with Crippen molar-refractivity contribution in [3.8, 4) is 17.5 Å². The van der Waals surface area contributed by atoms with Crippen LogP contribution in [-0.4, -0.2) is 28.5 Å². The summed E-state index contributed by atoms with van der Waals surface area (Å²) in [5.74, 6) is 2.37. The third-order valence-corrected chi connectivity index (χ3v) is 6.12. The summed E-state index contributed by atoms with van der Waals surface area (Å²) >= 11 is 1.80. The zero-order valence-electron chi connectivity index (χ0n) is 15.1. The van der Waals surface area contributed by atoms with Crippen molar-refractivity contribution in [2.24, 2.45) is 5.92 Å². The number of nitriles is 1. The summed E-state index contributed by atoms with van der Waals surface area (Å²) < 4.78 is 0. The highest BCUT2D eigenvalue weighted by Crippen LogP contribution is 2.41. The van der Waals surface area contributed by atoms with Crippen LogP contribution < -0.4 is 4.90 Å². The van der Waals surface area contributed by atoms with E-state index < -0.39 is 0 Å². The molecule has 5 nitrogen and oxygen atoms in total. The first-order valence-electron chi connectivity index (χ1n) is 8.98. The van der Waals surface area contributed by atoms with Gasteiger partial charge in [0.15, 0.2) is 5.82 Å². The zero-order chi connectivity index (χ0) is 18.1. The van der Waals surface area contributed by atoms with Crippen molar-refractivity contribution in [2.45, 2.75) is 32.6 Å². The summed E-state index contributed by atoms with van der Waals surface area (Å²) in [5.41, 5.74) is 2.34. The normalized spacial score (nSPS) is 16.3. The third kappa shape index (κ3) is 3.04. The van der Waals surface area contributed by atoms with Crippen LogP contribution in [0.4, 0.5) is 5.82 Å². The van der Waals surface area contributed by atoms with Crippen molar-refractivity contribution >= 4 is 27.4 Å². The summed E-state index contributed by atoms with van der Waals surface area (Å²) in [5, 5.41) is 10.2. The largest absolute Gasteiger partial charge is 0.358 e. The van der Waals surface area contributed by atoms with E-state index in [0.29, 0.717) is 18.8 Å². The first-order valence-corrected chi connectivity index (χ1v) is 9.79. The Labute approximate surface area is 157 Å². The Hall–Kier alpha value is -2.52. The summed E-state index contributed by atoms with van der Waals surface area (Å²) in [6.45, 7) is 2.98. The lowest BCUT2D eigenvalue weighted by atomic mass is 9.89. The molecule has 0 amide bonds. The molecule has 3 heterocycles. The second kappa shape index (κ2) is 7.00. The highest BCUT2D eigenvalue weighted by atomic mass is 32.1. The SMILES string of the molecule is C[C@H]1CCc2c(sc3nc(-c4cccnc4)nc(N(C)CCC#N)c23)C1. The molecule has 4 rings (SSSR count). The monoisotopic (exact) mass is 363 g/mol. The van der Waals surface area contributed by atoms with Crippen LogP contribution in [0.15, 0.2) is 24.5 Å². The van der Waals surface area contributed by atoms with E-state index in [4.69, 9.17) is 15.2 Å². The maximum Gasteiger partial charge on any atom is 0.164 e. The molecular weight excluding hydrogens is 342 g/mol. The van der Waals surface area contributed by atoms with Crippen molar-refractivity contribution in [1.82, 2.24) is 15.0 Å². The summed E-state index contributed by atoms with van der Waals surface area (Å²) in [4.78, 5) is 18.6. The molecule has 0 N–H and O–H groups in total. The fraction of sp³-hybridized carbons (Fsp3) is 0.400. The molecule has 1 atom stereocenters. The molecule has 1 aliphatic rings. The molecule has 0 fully saturated rings. The molecule has 0 spiro atoms. The van der Waals surface area contributed by atoms with E-state index in [2.05, 4.69) is 22.9 Å². The fourth-order valence-electron chi connectivity index (χ4n) is 3.55. The lowest BCUT2D eigenvalue weighted by molar-refractivity contribution is 0.509. The molecule has 132 valence electrons. The number of aryl methyl sites for hydroxylation is 1. The fourth-order valence-corrected chi connectivity index (χ4v) is 4.92. The van der Waals surface area contributed by atoms with Crippen LogP contribution in [0.2, 0.25) is 0 Å². The smallest absolute Gasteiger partial charge is 0.164 e. The Morgan fingerprint density at radius 2 is 2.27 bits per heavy atom. The van der Waals surface area contributed by atoms with Gasteiger partial charge in [-0.05, 0) is 42.9 Å². The number of aromatic nitrogens is 3. The third-order valence-electron chi connectivity index (χ3n) is 4.98. The minimum atomic E-state index is 0.480. The van der Waals surface area contributed by atoms with E-state index in [0.717, 1.165) is 35.0 Å². The number of rotatable bonds is 4. The lowest BCUT2D eigenvalue weighted by Gasteiger charge is -2.21. The van der Waals surface area contributed by atoms with Gasteiger partial charge in [0.05, 0.1) is 17.9 Å². The molecule has 0 saturated carbocycles. The highest BCUT2D eigenvalue weighted by Gasteiger charge is 2.25. The van der Waals surface area contributed by atoms with Crippen LogP contribution in [0.25, 0.3) is 21.6 Å². The maximum atomic E-state index is 8.97. The quantitative estimate of drug-likeness (QED) is 0.694. The molecule has 0 saturated heterocycles. The van der Waals surface area contributed by atoms with Crippen molar-refractivity contribution in [3.05, 3.63) is 35.0 Å². The van der Waals surface area contributed by atoms with Crippen LogP contribution in [-0.2, 0) is 12.8 Å². The number of fused-ring (bicyclic) bond motifs is 3. The Bertz CT molecular complexity index is 973. The minimum Gasteiger partial charge on any atom is -0.358 e. The molecule has 6 heteroatoms. The van der Waals surface area contributed by atoms with Gasteiger partial charge < -0.3 is 4.90 Å². The van der Waals surface area contributed by atoms with E-state index in [9.17, 15) is 0 Å². The summed E-state index contributed by atoms with van der Waals surface area (Å²) in [6.07, 6.45) is 7.46. The predicted molar refractivity (Wildman–Crippen MR) is 105 cm³/mol. The van der Waals surface area contributed by atoms with Crippen LogP contribution in [0.3, 0.4) is 0 Å². The maximum absolute atomic E-state index is 8.97. The number of anilines is 1. The second-order valence-electron chi connectivity index (χ2n) is 6.97. The van der Waals surface area contributed by atoms with Crippen LogP contribution >= 0.6 is 11.3 Å². The Morgan fingerprint density at radius 1 is 1.38 bits per heavy atom. The summed E-state index contributed by atoms with van der Waals surface area (Å²) in [6, 6.07) is 6.13. The van der Waals surface area contributed by atoms with Gasteiger partial charge in [-0.3, -0.25) is 4.98 Å². The topological polar surface area (TPSA) is 65.7 Å². The molecule has 3 aromatic rings. The molecule has 0 aromatic carbocycles. The number of hydrogen-bond donors (Lipinski definition) is 0. The Kier molecular flexibility index (Phi) is 4.56. The predicted octanol–water partition coefficient (Wildman–Crippen LogP) is 4.23. The number of nitrogens with zero attached hydrogens (tertiary/aromatic N) is 5.